The molecule has 0 bridgehead atoms. The number of amides is 1. The van der Waals surface area contributed by atoms with Gasteiger partial charge < -0.3 is 9.73 Å². The topological polar surface area (TPSA) is 60.1 Å². The van der Waals surface area contributed by atoms with Crippen molar-refractivity contribution in [3.63, 3.8) is 0 Å². The van der Waals surface area contributed by atoms with Crippen LogP contribution in [0.4, 0.5) is 0 Å². The Hall–Kier alpha value is -2.82. The van der Waals surface area contributed by atoms with Crippen LogP contribution in [0.1, 0.15) is 40.6 Å². The quantitative estimate of drug-likeness (QED) is 0.808. The van der Waals surface area contributed by atoms with Crippen LogP contribution in [0.2, 0.25) is 0 Å². The Morgan fingerprint density at radius 1 is 1.26 bits per heavy atom. The van der Waals surface area contributed by atoms with Crippen LogP contribution in [-0.2, 0) is 6.42 Å². The number of hydrogen-bond acceptors (Lipinski definition) is 3. The van der Waals surface area contributed by atoms with Gasteiger partial charge in [-0.05, 0) is 37.1 Å². The molecule has 5 heteroatoms. The van der Waals surface area contributed by atoms with Crippen molar-refractivity contribution in [3.05, 3.63) is 71.9 Å². The second-order valence-electron chi connectivity index (χ2n) is 5.69. The van der Waals surface area contributed by atoms with Crippen molar-refractivity contribution in [2.45, 2.75) is 25.3 Å². The largest absolute Gasteiger partial charge is 0.469 e. The highest BCUT2D eigenvalue weighted by Gasteiger charge is 2.25. The van der Waals surface area contributed by atoms with Crippen molar-refractivity contribution in [1.82, 2.24) is 15.1 Å². The zero-order chi connectivity index (χ0) is 15.6. The highest BCUT2D eigenvalue weighted by Crippen LogP contribution is 2.30. The van der Waals surface area contributed by atoms with Gasteiger partial charge in [-0.2, -0.15) is 5.10 Å². The van der Waals surface area contributed by atoms with Crippen LogP contribution < -0.4 is 5.32 Å². The summed E-state index contributed by atoms with van der Waals surface area (Å²) >= 11 is 0. The summed E-state index contributed by atoms with van der Waals surface area (Å²) in [6.45, 7) is 0. The monoisotopic (exact) mass is 307 g/mol. The molecule has 1 aromatic carbocycles. The lowest BCUT2D eigenvalue weighted by atomic mass is 9.93. The minimum atomic E-state index is -0.0878. The van der Waals surface area contributed by atoms with E-state index in [1.165, 1.54) is 0 Å². The molecule has 2 aromatic heterocycles. The number of benzene rings is 1. The predicted molar refractivity (Wildman–Crippen MR) is 85.4 cm³/mol. The van der Waals surface area contributed by atoms with E-state index in [4.69, 9.17) is 4.42 Å². The van der Waals surface area contributed by atoms with E-state index in [1.54, 1.807) is 17.1 Å². The first-order valence-electron chi connectivity index (χ1n) is 7.79. The first-order valence-corrected chi connectivity index (χ1v) is 7.79. The third kappa shape index (κ3) is 2.54. The van der Waals surface area contributed by atoms with Gasteiger partial charge in [0.25, 0.3) is 5.91 Å². The zero-order valence-electron chi connectivity index (χ0n) is 12.6. The van der Waals surface area contributed by atoms with Crippen molar-refractivity contribution in [2.75, 3.05) is 0 Å². The zero-order valence-corrected chi connectivity index (χ0v) is 12.6. The number of carbonyl (C=O) groups excluding carboxylic acids is 1. The van der Waals surface area contributed by atoms with Gasteiger partial charge >= 0.3 is 0 Å². The number of furan rings is 1. The fourth-order valence-electron chi connectivity index (χ4n) is 3.15. The van der Waals surface area contributed by atoms with Crippen LogP contribution >= 0.6 is 0 Å². The lowest BCUT2D eigenvalue weighted by molar-refractivity contribution is 0.0932. The molecule has 0 saturated carbocycles. The van der Waals surface area contributed by atoms with Gasteiger partial charge in [-0.1, -0.05) is 12.1 Å². The van der Waals surface area contributed by atoms with Crippen LogP contribution in [0.3, 0.4) is 0 Å². The van der Waals surface area contributed by atoms with Crippen molar-refractivity contribution < 1.29 is 9.21 Å². The Morgan fingerprint density at radius 3 is 3.04 bits per heavy atom. The summed E-state index contributed by atoms with van der Waals surface area (Å²) in [4.78, 5) is 12.8. The van der Waals surface area contributed by atoms with Gasteiger partial charge in [0.1, 0.15) is 5.76 Å². The van der Waals surface area contributed by atoms with E-state index in [2.05, 4.69) is 10.4 Å². The summed E-state index contributed by atoms with van der Waals surface area (Å²) < 4.78 is 7.20. The van der Waals surface area contributed by atoms with Crippen LogP contribution in [-0.4, -0.2) is 15.7 Å². The van der Waals surface area contributed by atoms with Gasteiger partial charge in [-0.25, -0.2) is 4.68 Å². The molecule has 1 atom stereocenters. The molecule has 1 aliphatic rings. The standard InChI is InChI=1S/C18H17N3O2/c22-18(20-15-6-3-8-17-13(15)9-12-23-17)14-5-1-2-7-16(14)21-11-4-10-19-21/h1-2,4-5,7,9-12,15H,3,6,8H2,(H,20,22). The van der Waals surface area contributed by atoms with E-state index in [0.717, 1.165) is 36.3 Å². The van der Waals surface area contributed by atoms with Crippen LogP contribution in [0.25, 0.3) is 5.69 Å². The molecule has 0 fully saturated rings. The maximum absolute atomic E-state index is 12.8. The molecule has 0 saturated heterocycles. The molecule has 23 heavy (non-hydrogen) atoms. The van der Waals surface area contributed by atoms with Crippen LogP contribution in [0.5, 0.6) is 0 Å². The minimum Gasteiger partial charge on any atom is -0.469 e. The lowest BCUT2D eigenvalue weighted by Crippen LogP contribution is -2.31. The molecule has 0 spiro atoms. The summed E-state index contributed by atoms with van der Waals surface area (Å²) in [5.74, 6) is 0.900. The number of nitrogens with one attached hydrogen (secondary N) is 1. The summed E-state index contributed by atoms with van der Waals surface area (Å²) in [6.07, 6.45) is 8.13. The predicted octanol–water partition coefficient (Wildman–Crippen LogP) is 3.27. The fraction of sp³-hybridized carbons (Fsp3) is 0.222. The molecule has 5 nitrogen and oxygen atoms in total. The average Bonchev–Trinajstić information content (AvgIpc) is 3.27. The average molecular weight is 307 g/mol. The van der Waals surface area contributed by atoms with E-state index in [9.17, 15) is 4.79 Å². The van der Waals surface area contributed by atoms with Gasteiger partial charge in [0.2, 0.25) is 0 Å². The Labute approximate surface area is 133 Å². The number of carbonyl (C=O) groups is 1. The Morgan fingerprint density at radius 2 is 2.17 bits per heavy atom. The minimum absolute atomic E-state index is 0.00989. The number of nitrogens with zero attached hydrogens (tertiary/aromatic N) is 2. The maximum Gasteiger partial charge on any atom is 0.253 e. The van der Waals surface area contributed by atoms with E-state index < -0.39 is 0 Å². The maximum atomic E-state index is 12.8. The molecule has 0 radical (unpaired) electrons. The number of para-hydroxylation sites is 1. The molecule has 2 heterocycles. The first kappa shape index (κ1) is 13.8. The molecule has 1 aliphatic carbocycles. The smallest absolute Gasteiger partial charge is 0.253 e. The van der Waals surface area contributed by atoms with Crippen molar-refractivity contribution in [2.24, 2.45) is 0 Å². The van der Waals surface area contributed by atoms with Gasteiger partial charge in [-0.3, -0.25) is 4.79 Å². The lowest BCUT2D eigenvalue weighted by Gasteiger charge is -2.23. The van der Waals surface area contributed by atoms with Gasteiger partial charge in [0.05, 0.1) is 23.6 Å². The van der Waals surface area contributed by atoms with E-state index in [-0.39, 0.29) is 11.9 Å². The SMILES string of the molecule is O=C(NC1CCCc2occc21)c1ccccc1-n1cccn1. The molecule has 3 aromatic rings. The third-order valence-electron chi connectivity index (χ3n) is 4.26. The fourth-order valence-corrected chi connectivity index (χ4v) is 3.15. The number of aryl methyl sites for hydroxylation is 1. The van der Waals surface area contributed by atoms with E-state index in [1.807, 2.05) is 42.6 Å². The molecule has 116 valence electrons. The number of hydrogen-bond donors (Lipinski definition) is 1. The molecule has 0 aliphatic heterocycles. The second kappa shape index (κ2) is 5.76. The van der Waals surface area contributed by atoms with Crippen molar-refractivity contribution >= 4 is 5.91 Å². The van der Waals surface area contributed by atoms with Gasteiger partial charge in [0.15, 0.2) is 0 Å². The summed E-state index contributed by atoms with van der Waals surface area (Å²) in [6, 6.07) is 11.3. The molecule has 1 unspecified atom stereocenters. The summed E-state index contributed by atoms with van der Waals surface area (Å²) in [7, 11) is 0. The second-order valence-corrected chi connectivity index (χ2v) is 5.69. The van der Waals surface area contributed by atoms with E-state index in [0.29, 0.717) is 5.56 Å². The van der Waals surface area contributed by atoms with Gasteiger partial charge in [-0.15, -0.1) is 0 Å². The Kier molecular flexibility index (Phi) is 3.46. The molecular formula is C18H17N3O2. The highest BCUT2D eigenvalue weighted by atomic mass is 16.3. The molecule has 1 N–H and O–H groups in total. The highest BCUT2D eigenvalue weighted by molar-refractivity contribution is 5.98. The molecule has 4 rings (SSSR count). The van der Waals surface area contributed by atoms with Crippen LogP contribution in [0, 0.1) is 0 Å². The number of fused-ring (bicyclic) bond motifs is 1. The summed E-state index contributed by atoms with van der Waals surface area (Å²) in [5, 5.41) is 7.37. The molecular weight excluding hydrogens is 290 g/mol. The number of aromatic nitrogens is 2. The first-order chi connectivity index (χ1) is 11.3. The third-order valence-corrected chi connectivity index (χ3v) is 4.26. The van der Waals surface area contributed by atoms with Crippen molar-refractivity contribution in [3.8, 4) is 5.69 Å². The Balaban J connectivity index is 1.62. The Bertz CT molecular complexity index is 820. The molecule has 1 amide bonds. The van der Waals surface area contributed by atoms with E-state index >= 15 is 0 Å². The summed E-state index contributed by atoms with van der Waals surface area (Å²) in [5.41, 5.74) is 2.49. The van der Waals surface area contributed by atoms with Crippen molar-refractivity contribution in [1.29, 1.82) is 0 Å². The normalized spacial score (nSPS) is 16.8. The van der Waals surface area contributed by atoms with Gasteiger partial charge in [0, 0.05) is 24.4 Å². The van der Waals surface area contributed by atoms with Crippen LogP contribution in [0.15, 0.2) is 59.5 Å². The number of rotatable bonds is 3.